The first-order valence-electron chi connectivity index (χ1n) is 13.7. The molecule has 1 aliphatic rings. The molecule has 0 saturated carbocycles. The first kappa shape index (κ1) is 30.6. The molecule has 0 aromatic heterocycles. The maximum Gasteiger partial charge on any atom is 0.272 e. The average molecular weight is 626 g/mol. The van der Waals surface area contributed by atoms with Gasteiger partial charge in [-0.1, -0.05) is 60.1 Å². The fraction of sp³-hybridized carbons (Fsp3) is 0.118. The number of hydrogen-bond acceptors (Lipinski definition) is 6. The number of nitrogens with zero attached hydrogens (tertiary/aromatic N) is 1. The number of ether oxygens (including phenoxy) is 1. The lowest BCUT2D eigenvalue weighted by Crippen LogP contribution is -2.31. The molecule has 1 fully saturated rings. The molecule has 44 heavy (non-hydrogen) atoms. The summed E-state index contributed by atoms with van der Waals surface area (Å²) in [5, 5.41) is 5.23. The summed E-state index contributed by atoms with van der Waals surface area (Å²) in [4.78, 5) is 54.3. The Balaban J connectivity index is 1.33. The standard InChI is InChI=1S/C34H28ClN3O5S/c1-21-9-6-7-12-23(21)17-28(37-32(40)22-10-4-3-5-11-22)33(41)36-24-13-8-14-26(18-24)44-30-20-31(39)38(34(30)42)25-15-16-29(43-2)27(35)19-25/h3-19,30H,20H2,1-2H3,(H,36,41)(H,37,40). The molecule has 10 heteroatoms. The first-order chi connectivity index (χ1) is 21.2. The predicted molar refractivity (Wildman–Crippen MR) is 173 cm³/mol. The van der Waals surface area contributed by atoms with E-state index < -0.39 is 17.1 Å². The number of methoxy groups -OCH3 is 1. The van der Waals surface area contributed by atoms with E-state index in [2.05, 4.69) is 10.6 Å². The van der Waals surface area contributed by atoms with Crippen molar-refractivity contribution in [1.29, 1.82) is 0 Å². The van der Waals surface area contributed by atoms with Gasteiger partial charge in [0.25, 0.3) is 11.8 Å². The third kappa shape index (κ3) is 7.02. The lowest BCUT2D eigenvalue weighted by molar-refractivity contribution is -0.121. The summed E-state index contributed by atoms with van der Waals surface area (Å²) >= 11 is 7.45. The molecule has 4 aromatic carbocycles. The molecule has 1 aliphatic heterocycles. The molecule has 0 aliphatic carbocycles. The number of hydrogen-bond donors (Lipinski definition) is 2. The highest BCUT2D eigenvalue weighted by Crippen LogP contribution is 2.37. The molecular weight excluding hydrogens is 598 g/mol. The van der Waals surface area contributed by atoms with E-state index in [4.69, 9.17) is 16.3 Å². The van der Waals surface area contributed by atoms with E-state index >= 15 is 0 Å². The van der Waals surface area contributed by atoms with Gasteiger partial charge in [-0.3, -0.25) is 19.2 Å². The van der Waals surface area contributed by atoms with Gasteiger partial charge in [-0.25, -0.2) is 4.90 Å². The summed E-state index contributed by atoms with van der Waals surface area (Å²) in [6, 6.07) is 27.9. The number of thioether (sulfide) groups is 1. The van der Waals surface area contributed by atoms with Crippen LogP contribution < -0.4 is 20.3 Å². The number of halogens is 1. The van der Waals surface area contributed by atoms with Crippen molar-refractivity contribution in [2.24, 2.45) is 0 Å². The highest BCUT2D eigenvalue weighted by molar-refractivity contribution is 8.00. The van der Waals surface area contributed by atoms with Crippen molar-refractivity contribution in [2.75, 3.05) is 17.3 Å². The first-order valence-corrected chi connectivity index (χ1v) is 14.9. The van der Waals surface area contributed by atoms with Crippen LogP contribution in [-0.2, 0) is 14.4 Å². The van der Waals surface area contributed by atoms with Crippen molar-refractivity contribution in [3.8, 4) is 5.75 Å². The Morgan fingerprint density at radius 2 is 1.70 bits per heavy atom. The molecule has 2 N–H and O–H groups in total. The van der Waals surface area contributed by atoms with Crippen molar-refractivity contribution in [1.82, 2.24) is 5.32 Å². The summed E-state index contributed by atoms with van der Waals surface area (Å²) in [6.45, 7) is 1.92. The quantitative estimate of drug-likeness (QED) is 0.163. The Hall–Kier alpha value is -4.86. The Morgan fingerprint density at radius 1 is 0.955 bits per heavy atom. The monoisotopic (exact) mass is 625 g/mol. The van der Waals surface area contributed by atoms with Crippen molar-refractivity contribution in [3.05, 3.63) is 124 Å². The third-order valence-corrected chi connectivity index (χ3v) is 8.36. The van der Waals surface area contributed by atoms with Gasteiger partial charge in [-0.15, -0.1) is 11.8 Å². The van der Waals surface area contributed by atoms with Gasteiger partial charge >= 0.3 is 0 Å². The van der Waals surface area contributed by atoms with Gasteiger partial charge in [0.15, 0.2) is 0 Å². The van der Waals surface area contributed by atoms with Crippen LogP contribution in [0.15, 0.2) is 108 Å². The second kappa shape index (κ2) is 13.6. The van der Waals surface area contributed by atoms with Crippen molar-refractivity contribution < 1.29 is 23.9 Å². The Morgan fingerprint density at radius 3 is 2.43 bits per heavy atom. The zero-order valence-corrected chi connectivity index (χ0v) is 25.4. The zero-order valence-electron chi connectivity index (χ0n) is 23.9. The van der Waals surface area contributed by atoms with Crippen LogP contribution in [-0.4, -0.2) is 36.0 Å². The van der Waals surface area contributed by atoms with Gasteiger partial charge in [-0.05, 0) is 72.7 Å². The number of nitrogens with one attached hydrogen (secondary N) is 2. The van der Waals surface area contributed by atoms with Crippen LogP contribution in [0.2, 0.25) is 5.02 Å². The molecule has 0 spiro atoms. The van der Waals surface area contributed by atoms with E-state index in [1.54, 1.807) is 72.8 Å². The fourth-order valence-corrected chi connectivity index (χ4v) is 5.98. The molecule has 8 nitrogen and oxygen atoms in total. The van der Waals surface area contributed by atoms with Crippen LogP contribution in [0.5, 0.6) is 5.75 Å². The molecule has 4 amide bonds. The van der Waals surface area contributed by atoms with Crippen LogP contribution in [0.3, 0.4) is 0 Å². The smallest absolute Gasteiger partial charge is 0.272 e. The SMILES string of the molecule is COc1ccc(N2C(=O)CC(Sc3cccc(NC(=O)C(=Cc4ccccc4C)NC(=O)c4ccccc4)c3)C2=O)cc1Cl. The van der Waals surface area contributed by atoms with Gasteiger partial charge < -0.3 is 15.4 Å². The number of benzene rings is 4. The third-order valence-electron chi connectivity index (χ3n) is 6.89. The maximum absolute atomic E-state index is 13.5. The van der Waals surface area contributed by atoms with E-state index in [-0.39, 0.29) is 23.9 Å². The number of carbonyl (C=O) groups excluding carboxylic acids is 4. The van der Waals surface area contributed by atoms with Gasteiger partial charge in [0.2, 0.25) is 11.8 Å². The van der Waals surface area contributed by atoms with E-state index in [0.29, 0.717) is 32.6 Å². The van der Waals surface area contributed by atoms with E-state index in [9.17, 15) is 19.2 Å². The lowest BCUT2D eigenvalue weighted by atomic mass is 10.1. The number of anilines is 2. The number of carbonyl (C=O) groups is 4. The summed E-state index contributed by atoms with van der Waals surface area (Å²) in [5.74, 6) is -1.19. The van der Waals surface area contributed by atoms with E-state index in [1.165, 1.54) is 24.9 Å². The predicted octanol–water partition coefficient (Wildman–Crippen LogP) is 6.49. The van der Waals surface area contributed by atoms with Crippen molar-refractivity contribution in [3.63, 3.8) is 0 Å². The molecule has 0 bridgehead atoms. The Kier molecular flexibility index (Phi) is 9.47. The Labute approximate surface area is 264 Å². The number of imide groups is 1. The van der Waals surface area contributed by atoms with E-state index in [0.717, 1.165) is 16.0 Å². The summed E-state index contributed by atoms with van der Waals surface area (Å²) in [6.07, 6.45) is 1.64. The molecule has 5 rings (SSSR count). The van der Waals surface area contributed by atoms with Crippen LogP contribution in [0.4, 0.5) is 11.4 Å². The van der Waals surface area contributed by atoms with Crippen molar-refractivity contribution >= 4 is 64.4 Å². The highest BCUT2D eigenvalue weighted by Gasteiger charge is 2.40. The van der Waals surface area contributed by atoms with Crippen LogP contribution >= 0.6 is 23.4 Å². The van der Waals surface area contributed by atoms with Gasteiger partial charge in [0, 0.05) is 22.6 Å². The molecule has 1 atom stereocenters. The van der Waals surface area contributed by atoms with Crippen LogP contribution in [0.25, 0.3) is 6.08 Å². The largest absolute Gasteiger partial charge is 0.495 e. The molecule has 1 unspecified atom stereocenters. The minimum Gasteiger partial charge on any atom is -0.495 e. The average Bonchev–Trinajstić information content (AvgIpc) is 3.30. The second-order valence-corrected chi connectivity index (χ2v) is 11.6. The molecule has 4 aromatic rings. The summed E-state index contributed by atoms with van der Waals surface area (Å²) in [7, 11) is 1.48. The maximum atomic E-state index is 13.5. The number of amides is 4. The van der Waals surface area contributed by atoms with Gasteiger partial charge in [0.1, 0.15) is 11.4 Å². The van der Waals surface area contributed by atoms with Gasteiger partial charge in [-0.2, -0.15) is 0 Å². The lowest BCUT2D eigenvalue weighted by Gasteiger charge is -2.16. The van der Waals surface area contributed by atoms with E-state index in [1.807, 2.05) is 31.2 Å². The van der Waals surface area contributed by atoms with Crippen LogP contribution in [0.1, 0.15) is 27.9 Å². The summed E-state index contributed by atoms with van der Waals surface area (Å²) < 4.78 is 5.17. The molecule has 1 saturated heterocycles. The molecule has 1 heterocycles. The molecule has 0 radical (unpaired) electrons. The highest BCUT2D eigenvalue weighted by atomic mass is 35.5. The fourth-order valence-electron chi connectivity index (χ4n) is 4.62. The Bertz CT molecular complexity index is 1780. The number of aryl methyl sites for hydroxylation is 1. The summed E-state index contributed by atoms with van der Waals surface area (Å²) in [5.41, 5.74) is 3.03. The minimum absolute atomic E-state index is 0.0125. The number of rotatable bonds is 9. The molecule has 222 valence electrons. The second-order valence-electron chi connectivity index (χ2n) is 9.91. The molecular formula is C34H28ClN3O5S. The van der Waals surface area contributed by atoms with Crippen LogP contribution in [0, 0.1) is 6.92 Å². The topological polar surface area (TPSA) is 105 Å². The normalized spacial score (nSPS) is 14.8. The van der Waals surface area contributed by atoms with Gasteiger partial charge in [0.05, 0.1) is 23.1 Å². The minimum atomic E-state index is -0.656. The zero-order chi connectivity index (χ0) is 31.2. The van der Waals surface area contributed by atoms with Crippen molar-refractivity contribution in [2.45, 2.75) is 23.5 Å².